The minimum absolute atomic E-state index is 0.0502. The molecule has 7 nitrogen and oxygen atoms in total. The molecule has 0 aromatic heterocycles. The molecule has 2 aliphatic carbocycles. The second kappa shape index (κ2) is 13.2. The van der Waals surface area contributed by atoms with E-state index in [1.54, 1.807) is 0 Å². The number of nitrogens with zero attached hydrogens (tertiary/aromatic N) is 1. The predicted molar refractivity (Wildman–Crippen MR) is 128 cm³/mol. The molecule has 3 fully saturated rings. The Morgan fingerprint density at radius 3 is 2.22 bits per heavy atom. The van der Waals surface area contributed by atoms with Crippen molar-refractivity contribution in [3.05, 3.63) is 0 Å². The zero-order valence-corrected chi connectivity index (χ0v) is 20.7. The third kappa shape index (κ3) is 7.66. The van der Waals surface area contributed by atoms with E-state index in [2.05, 4.69) is 29.8 Å². The van der Waals surface area contributed by atoms with Crippen molar-refractivity contribution in [1.29, 1.82) is 0 Å². The number of rotatable bonds is 10. The number of aliphatic hydroxyl groups is 1. The Labute approximate surface area is 195 Å². The number of nitrogens with one attached hydrogen (secondary N) is 3. The molecular weight excluding hydrogens is 404 g/mol. The molecule has 2 saturated carbocycles. The van der Waals surface area contributed by atoms with Crippen LogP contribution < -0.4 is 16.0 Å². The van der Waals surface area contributed by atoms with Crippen LogP contribution in [0.15, 0.2) is 0 Å². The van der Waals surface area contributed by atoms with Gasteiger partial charge in [0.1, 0.15) is 6.29 Å². The molecule has 3 aliphatic rings. The summed E-state index contributed by atoms with van der Waals surface area (Å²) in [6.45, 7) is 7.79. The minimum atomic E-state index is 0.0502. The maximum Gasteiger partial charge on any atom is 0.225 e. The van der Waals surface area contributed by atoms with Crippen LogP contribution in [0.2, 0.25) is 0 Å². The van der Waals surface area contributed by atoms with Gasteiger partial charge in [0.25, 0.3) is 0 Å². The van der Waals surface area contributed by atoms with E-state index in [-0.39, 0.29) is 24.7 Å². The lowest BCUT2D eigenvalue weighted by molar-refractivity contribution is -0.137. The molecule has 1 amide bonds. The van der Waals surface area contributed by atoms with E-state index in [0.717, 1.165) is 57.7 Å². The summed E-state index contributed by atoms with van der Waals surface area (Å²) in [5.41, 5.74) is 0. The van der Waals surface area contributed by atoms with Crippen molar-refractivity contribution in [2.75, 3.05) is 39.9 Å². The van der Waals surface area contributed by atoms with Gasteiger partial charge < -0.3 is 14.7 Å². The highest BCUT2D eigenvalue weighted by atomic mass is 16.5. The summed E-state index contributed by atoms with van der Waals surface area (Å²) in [6, 6.07) is 0.458. The van der Waals surface area contributed by atoms with Gasteiger partial charge in [-0.25, -0.2) is 0 Å². The number of ether oxygens (including phenoxy) is 1. The highest BCUT2D eigenvalue weighted by molar-refractivity contribution is 5.79. The van der Waals surface area contributed by atoms with E-state index >= 15 is 0 Å². The monoisotopic (exact) mass is 452 g/mol. The van der Waals surface area contributed by atoms with Gasteiger partial charge >= 0.3 is 0 Å². The summed E-state index contributed by atoms with van der Waals surface area (Å²) < 4.78 is 5.52. The first-order chi connectivity index (χ1) is 15.5. The Morgan fingerprint density at radius 2 is 1.66 bits per heavy atom. The van der Waals surface area contributed by atoms with Crippen molar-refractivity contribution in [2.24, 2.45) is 23.7 Å². The molecule has 0 aromatic carbocycles. The van der Waals surface area contributed by atoms with Crippen LogP contribution in [0.25, 0.3) is 0 Å². The van der Waals surface area contributed by atoms with E-state index in [1.807, 2.05) is 12.0 Å². The number of hydrogen-bond acceptors (Lipinski definition) is 6. The van der Waals surface area contributed by atoms with Crippen molar-refractivity contribution in [1.82, 2.24) is 20.9 Å². The predicted octanol–water partition coefficient (Wildman–Crippen LogP) is 2.30. The fourth-order valence-corrected chi connectivity index (χ4v) is 5.80. The summed E-state index contributed by atoms with van der Waals surface area (Å²) in [6.07, 6.45) is 10.6. The molecule has 0 aromatic rings. The quantitative estimate of drug-likeness (QED) is 0.407. The zero-order chi connectivity index (χ0) is 22.9. The fraction of sp³-hybridized carbons (Fsp3) is 0.960. The molecule has 32 heavy (non-hydrogen) atoms. The SMILES string of the molecule is COC1CCC(C2CNC(NC3CCC(C(=O)N(CCO)CCC(C)C)CC3)NC2)CC1. The topological polar surface area (TPSA) is 85.9 Å². The lowest BCUT2D eigenvalue weighted by Crippen LogP contribution is -2.63. The van der Waals surface area contributed by atoms with Crippen LogP contribution in [-0.4, -0.2) is 74.2 Å². The molecular formula is C25H48N4O3. The van der Waals surface area contributed by atoms with Crippen LogP contribution in [0.3, 0.4) is 0 Å². The molecule has 0 spiro atoms. The van der Waals surface area contributed by atoms with Gasteiger partial charge in [-0.1, -0.05) is 13.8 Å². The lowest BCUT2D eigenvalue weighted by Gasteiger charge is -2.40. The first-order valence-corrected chi connectivity index (χ1v) is 13.1. The van der Waals surface area contributed by atoms with E-state index in [9.17, 15) is 9.90 Å². The summed E-state index contributed by atoms with van der Waals surface area (Å²) in [5, 5.41) is 20.5. The normalized spacial score (nSPS) is 33.9. The highest BCUT2D eigenvalue weighted by Crippen LogP contribution is 2.32. The summed E-state index contributed by atoms with van der Waals surface area (Å²) in [7, 11) is 1.84. The van der Waals surface area contributed by atoms with Gasteiger partial charge in [0.2, 0.25) is 5.91 Å². The van der Waals surface area contributed by atoms with Gasteiger partial charge in [-0.3, -0.25) is 20.7 Å². The van der Waals surface area contributed by atoms with Gasteiger partial charge in [0.15, 0.2) is 0 Å². The summed E-state index contributed by atoms with van der Waals surface area (Å²) in [4.78, 5) is 14.9. The maximum absolute atomic E-state index is 13.0. The first kappa shape index (κ1) is 25.9. The average molecular weight is 453 g/mol. The Morgan fingerprint density at radius 1 is 1.00 bits per heavy atom. The van der Waals surface area contributed by atoms with Crippen LogP contribution in [0.4, 0.5) is 0 Å². The van der Waals surface area contributed by atoms with E-state index in [1.165, 1.54) is 25.7 Å². The number of methoxy groups -OCH3 is 1. The van der Waals surface area contributed by atoms with Gasteiger partial charge in [0.05, 0.1) is 12.7 Å². The van der Waals surface area contributed by atoms with Gasteiger partial charge in [-0.15, -0.1) is 0 Å². The highest BCUT2D eigenvalue weighted by Gasteiger charge is 2.33. The molecule has 1 heterocycles. The number of hydrogen-bond donors (Lipinski definition) is 4. The van der Waals surface area contributed by atoms with Gasteiger partial charge in [0, 0.05) is 45.2 Å². The smallest absolute Gasteiger partial charge is 0.225 e. The largest absolute Gasteiger partial charge is 0.395 e. The standard InChI is InChI=1S/C25H48N4O3/c1-18(2)12-13-29(14-15-30)24(31)20-4-8-22(9-5-20)28-25-26-16-21(17-27-25)19-6-10-23(32-3)11-7-19/h18-23,25-28,30H,4-17H2,1-3H3. The Hall–Kier alpha value is -0.730. The van der Waals surface area contributed by atoms with Crippen LogP contribution >= 0.6 is 0 Å². The van der Waals surface area contributed by atoms with Crippen LogP contribution in [-0.2, 0) is 9.53 Å². The summed E-state index contributed by atoms with van der Waals surface area (Å²) >= 11 is 0. The van der Waals surface area contributed by atoms with Crippen molar-refractivity contribution in [3.8, 4) is 0 Å². The van der Waals surface area contributed by atoms with Gasteiger partial charge in [-0.2, -0.15) is 0 Å². The average Bonchev–Trinajstić information content (AvgIpc) is 2.82. The molecule has 1 saturated heterocycles. The molecule has 0 unspecified atom stereocenters. The summed E-state index contributed by atoms with van der Waals surface area (Å²) in [5.74, 6) is 2.45. The van der Waals surface area contributed by atoms with Crippen molar-refractivity contribution >= 4 is 5.91 Å². The molecule has 7 heteroatoms. The first-order valence-electron chi connectivity index (χ1n) is 13.1. The number of aliphatic hydroxyl groups excluding tert-OH is 1. The third-order valence-corrected chi connectivity index (χ3v) is 8.02. The van der Waals surface area contributed by atoms with Crippen molar-refractivity contribution in [2.45, 2.75) is 90.1 Å². The van der Waals surface area contributed by atoms with E-state index < -0.39 is 0 Å². The molecule has 0 atom stereocenters. The van der Waals surface area contributed by atoms with E-state index in [4.69, 9.17) is 4.74 Å². The third-order valence-electron chi connectivity index (χ3n) is 8.02. The minimum Gasteiger partial charge on any atom is -0.395 e. The Bertz CT molecular complexity index is 537. The second-order valence-corrected chi connectivity index (χ2v) is 10.7. The van der Waals surface area contributed by atoms with Crippen LogP contribution in [0.1, 0.15) is 71.6 Å². The van der Waals surface area contributed by atoms with Crippen molar-refractivity contribution in [3.63, 3.8) is 0 Å². The molecule has 0 radical (unpaired) electrons. The molecule has 3 rings (SSSR count). The maximum atomic E-state index is 13.0. The Kier molecular flexibility index (Phi) is 10.7. The van der Waals surface area contributed by atoms with E-state index in [0.29, 0.717) is 30.5 Å². The number of carbonyl (C=O) groups excluding carboxylic acids is 1. The molecule has 1 aliphatic heterocycles. The van der Waals surface area contributed by atoms with Crippen molar-refractivity contribution < 1.29 is 14.6 Å². The molecule has 0 bridgehead atoms. The van der Waals surface area contributed by atoms with Gasteiger partial charge in [-0.05, 0) is 75.5 Å². The number of carbonyl (C=O) groups is 1. The fourth-order valence-electron chi connectivity index (χ4n) is 5.80. The molecule has 4 N–H and O–H groups in total. The zero-order valence-electron chi connectivity index (χ0n) is 20.7. The lowest BCUT2D eigenvalue weighted by atomic mass is 9.78. The number of amides is 1. The second-order valence-electron chi connectivity index (χ2n) is 10.7. The Balaban J connectivity index is 1.35. The van der Waals surface area contributed by atoms with Crippen LogP contribution in [0.5, 0.6) is 0 Å². The van der Waals surface area contributed by atoms with Crippen LogP contribution in [0, 0.1) is 23.7 Å². The molecule has 186 valence electrons.